The van der Waals surface area contributed by atoms with E-state index in [1.807, 2.05) is 13.8 Å². The van der Waals surface area contributed by atoms with Gasteiger partial charge in [-0.25, -0.2) is 8.78 Å². The molecule has 0 radical (unpaired) electrons. The fraction of sp³-hybridized carbons (Fsp3) is 0.562. The lowest BCUT2D eigenvalue weighted by Crippen LogP contribution is -2.48. The van der Waals surface area contributed by atoms with Crippen LogP contribution in [0.4, 0.5) is 8.78 Å². The van der Waals surface area contributed by atoms with Gasteiger partial charge in [0.2, 0.25) is 0 Å². The molecule has 1 aliphatic rings. The topological polar surface area (TPSA) is 32.3 Å². The molecule has 1 N–H and O–H groups in total. The number of hydrogen-bond donors (Lipinski definition) is 1. The lowest BCUT2D eigenvalue weighted by Gasteiger charge is -2.33. The smallest absolute Gasteiger partial charge is 0.254 e. The van der Waals surface area contributed by atoms with Gasteiger partial charge >= 0.3 is 0 Å². The van der Waals surface area contributed by atoms with Gasteiger partial charge in [-0.3, -0.25) is 4.79 Å². The minimum Gasteiger partial charge on any atom is -0.335 e. The van der Waals surface area contributed by atoms with E-state index in [1.54, 1.807) is 4.90 Å². The summed E-state index contributed by atoms with van der Waals surface area (Å²) >= 11 is 0. The number of nitrogens with zero attached hydrogens (tertiary/aromatic N) is 1. The van der Waals surface area contributed by atoms with E-state index >= 15 is 0 Å². The van der Waals surface area contributed by atoms with Crippen LogP contribution in [0.2, 0.25) is 0 Å². The van der Waals surface area contributed by atoms with Crippen molar-refractivity contribution in [2.45, 2.75) is 45.2 Å². The highest BCUT2D eigenvalue weighted by Gasteiger charge is 2.24. The lowest BCUT2D eigenvalue weighted by molar-refractivity contribution is 0.0676. The molecule has 2 rings (SSSR count). The highest BCUT2D eigenvalue weighted by molar-refractivity contribution is 5.94. The van der Waals surface area contributed by atoms with Crippen LogP contribution in [0.5, 0.6) is 0 Å². The number of piperidine rings is 1. The number of halogens is 2. The molecular weight excluding hydrogens is 274 g/mol. The van der Waals surface area contributed by atoms with E-state index in [-0.39, 0.29) is 23.6 Å². The quantitative estimate of drug-likeness (QED) is 0.926. The molecule has 1 unspecified atom stereocenters. The Bertz CT molecular complexity index is 499. The largest absolute Gasteiger partial charge is 0.335 e. The first kappa shape index (κ1) is 15.9. The third-order valence-electron chi connectivity index (χ3n) is 3.88. The van der Waals surface area contributed by atoms with Gasteiger partial charge in [0.05, 0.1) is 0 Å². The Morgan fingerprint density at radius 3 is 2.67 bits per heavy atom. The highest BCUT2D eigenvalue weighted by Crippen LogP contribution is 2.15. The predicted octanol–water partition coefficient (Wildman–Crippen LogP) is 2.96. The molecular formula is C16H22F2N2O. The summed E-state index contributed by atoms with van der Waals surface area (Å²) in [5, 5.41) is 3.40. The normalized spacial score (nSPS) is 18.8. The molecule has 0 spiro atoms. The summed E-state index contributed by atoms with van der Waals surface area (Å²) in [4.78, 5) is 14.3. The van der Waals surface area contributed by atoms with Crippen molar-refractivity contribution < 1.29 is 13.6 Å². The van der Waals surface area contributed by atoms with Crippen LogP contribution < -0.4 is 5.32 Å². The molecule has 0 saturated carbocycles. The van der Waals surface area contributed by atoms with E-state index in [2.05, 4.69) is 5.32 Å². The van der Waals surface area contributed by atoms with Crippen LogP contribution in [0, 0.1) is 11.6 Å². The van der Waals surface area contributed by atoms with Crippen molar-refractivity contribution >= 4 is 5.91 Å². The number of nitrogens with one attached hydrogen (secondary N) is 1. The fourth-order valence-electron chi connectivity index (χ4n) is 2.64. The Morgan fingerprint density at radius 2 is 2.10 bits per heavy atom. The molecule has 0 aliphatic carbocycles. The van der Waals surface area contributed by atoms with E-state index in [0.717, 1.165) is 37.9 Å². The zero-order chi connectivity index (χ0) is 15.4. The molecule has 1 fully saturated rings. The van der Waals surface area contributed by atoms with Gasteiger partial charge in [0, 0.05) is 24.2 Å². The second kappa shape index (κ2) is 6.98. The summed E-state index contributed by atoms with van der Waals surface area (Å²) in [6, 6.07) is 3.59. The number of hydrogen-bond acceptors (Lipinski definition) is 2. The van der Waals surface area contributed by atoms with Gasteiger partial charge in [0.1, 0.15) is 0 Å². The second-order valence-electron chi connectivity index (χ2n) is 5.83. The number of carbonyl (C=O) groups is 1. The van der Waals surface area contributed by atoms with Crippen LogP contribution in [0.3, 0.4) is 0 Å². The van der Waals surface area contributed by atoms with Crippen LogP contribution >= 0.6 is 0 Å². The summed E-state index contributed by atoms with van der Waals surface area (Å²) < 4.78 is 26.3. The number of benzene rings is 1. The number of carbonyl (C=O) groups excluding carboxylic acids is 1. The zero-order valence-corrected chi connectivity index (χ0v) is 12.5. The predicted molar refractivity (Wildman–Crippen MR) is 78.2 cm³/mol. The molecule has 1 aromatic rings. The number of rotatable bonds is 4. The SMILES string of the molecule is CC(C)N(CC1CCCCN1)C(=O)c1ccc(F)c(F)c1. The summed E-state index contributed by atoms with van der Waals surface area (Å²) in [7, 11) is 0. The van der Waals surface area contributed by atoms with Crippen LogP contribution in [0.15, 0.2) is 18.2 Å². The molecule has 21 heavy (non-hydrogen) atoms. The van der Waals surface area contributed by atoms with Crippen molar-refractivity contribution in [2.24, 2.45) is 0 Å². The molecule has 116 valence electrons. The molecule has 5 heteroatoms. The third-order valence-corrected chi connectivity index (χ3v) is 3.88. The van der Waals surface area contributed by atoms with Crippen LogP contribution in [-0.2, 0) is 0 Å². The number of amides is 1. The summed E-state index contributed by atoms with van der Waals surface area (Å²) in [6.45, 7) is 5.42. The van der Waals surface area contributed by atoms with Crippen molar-refractivity contribution in [3.8, 4) is 0 Å². The average Bonchev–Trinajstić information content (AvgIpc) is 2.47. The molecule has 1 heterocycles. The summed E-state index contributed by atoms with van der Waals surface area (Å²) in [5.41, 5.74) is 0.193. The Hall–Kier alpha value is -1.49. The van der Waals surface area contributed by atoms with Crippen molar-refractivity contribution in [3.63, 3.8) is 0 Å². The molecule has 0 bridgehead atoms. The monoisotopic (exact) mass is 296 g/mol. The minimum absolute atomic E-state index is 0.00865. The molecule has 1 atom stereocenters. The lowest BCUT2D eigenvalue weighted by atomic mass is 10.0. The Labute approximate surface area is 124 Å². The van der Waals surface area contributed by atoms with E-state index in [0.29, 0.717) is 6.54 Å². The van der Waals surface area contributed by atoms with Gasteiger partial charge in [0.15, 0.2) is 11.6 Å². The summed E-state index contributed by atoms with van der Waals surface area (Å²) in [5.74, 6) is -2.17. The highest BCUT2D eigenvalue weighted by atomic mass is 19.2. The summed E-state index contributed by atoms with van der Waals surface area (Å²) in [6.07, 6.45) is 3.35. The molecule has 1 aromatic carbocycles. The van der Waals surface area contributed by atoms with Crippen molar-refractivity contribution in [2.75, 3.05) is 13.1 Å². The molecule has 1 aliphatic heterocycles. The average molecular weight is 296 g/mol. The Morgan fingerprint density at radius 1 is 1.33 bits per heavy atom. The van der Waals surface area contributed by atoms with Crippen molar-refractivity contribution in [1.82, 2.24) is 10.2 Å². The van der Waals surface area contributed by atoms with E-state index < -0.39 is 11.6 Å². The maximum Gasteiger partial charge on any atom is 0.254 e. The standard InChI is InChI=1S/C16H22F2N2O/c1-11(2)20(10-13-5-3-4-8-19-13)16(21)12-6-7-14(17)15(18)9-12/h6-7,9,11,13,19H,3-5,8,10H2,1-2H3. The van der Waals surface area contributed by atoms with E-state index in [9.17, 15) is 13.6 Å². The zero-order valence-electron chi connectivity index (χ0n) is 12.5. The maximum absolute atomic E-state index is 13.3. The molecule has 1 saturated heterocycles. The Balaban J connectivity index is 2.12. The first-order valence-electron chi connectivity index (χ1n) is 7.48. The van der Waals surface area contributed by atoms with Crippen LogP contribution in [0.1, 0.15) is 43.5 Å². The van der Waals surface area contributed by atoms with Gasteiger partial charge in [-0.1, -0.05) is 6.42 Å². The van der Waals surface area contributed by atoms with Crippen LogP contribution in [0.25, 0.3) is 0 Å². The van der Waals surface area contributed by atoms with Gasteiger partial charge in [0.25, 0.3) is 5.91 Å². The van der Waals surface area contributed by atoms with E-state index in [1.165, 1.54) is 6.07 Å². The maximum atomic E-state index is 13.3. The van der Waals surface area contributed by atoms with Crippen molar-refractivity contribution in [1.29, 1.82) is 0 Å². The van der Waals surface area contributed by atoms with E-state index in [4.69, 9.17) is 0 Å². The molecule has 3 nitrogen and oxygen atoms in total. The van der Waals surface area contributed by atoms with Gasteiger partial charge in [-0.2, -0.15) is 0 Å². The van der Waals surface area contributed by atoms with Crippen molar-refractivity contribution in [3.05, 3.63) is 35.4 Å². The van der Waals surface area contributed by atoms with Gasteiger partial charge in [-0.05, 0) is 51.4 Å². The second-order valence-corrected chi connectivity index (χ2v) is 5.83. The fourth-order valence-corrected chi connectivity index (χ4v) is 2.64. The molecule has 1 amide bonds. The third kappa shape index (κ3) is 4.00. The van der Waals surface area contributed by atoms with Gasteiger partial charge < -0.3 is 10.2 Å². The molecule has 0 aromatic heterocycles. The first-order chi connectivity index (χ1) is 9.99. The first-order valence-corrected chi connectivity index (χ1v) is 7.48. The minimum atomic E-state index is -0.986. The van der Waals surface area contributed by atoms with Gasteiger partial charge in [-0.15, -0.1) is 0 Å². The van der Waals surface area contributed by atoms with Crippen LogP contribution in [-0.4, -0.2) is 36.0 Å². The Kier molecular flexibility index (Phi) is 5.28.